The number of hydrogen-bond acceptors (Lipinski definition) is 4. The maximum absolute atomic E-state index is 14.6. The normalized spacial score (nSPS) is 25.4. The molecule has 152 valence electrons. The molecule has 2 aromatic carbocycles. The van der Waals surface area contributed by atoms with Crippen LogP contribution in [0.4, 0.5) is 4.39 Å². The van der Waals surface area contributed by atoms with Crippen LogP contribution < -0.4 is 5.32 Å². The average Bonchev–Trinajstić information content (AvgIpc) is 3.44. The van der Waals surface area contributed by atoms with Gasteiger partial charge in [0.15, 0.2) is 0 Å². The number of benzene rings is 2. The summed E-state index contributed by atoms with van der Waals surface area (Å²) in [6.45, 7) is 0. The van der Waals surface area contributed by atoms with Crippen molar-refractivity contribution in [2.75, 3.05) is 14.2 Å². The Bertz CT molecular complexity index is 913. The number of halogens is 1. The number of likely N-dealkylation sites (tertiary alicyclic amines) is 1. The van der Waals surface area contributed by atoms with Crippen LogP contribution in [0.2, 0.25) is 0 Å². The Hall–Kier alpha value is -2.73. The standard InChI is InChI=1S/C23H25FN2O3/c1-26-19(22(28)29-2)14-17(20(26)16-10-6-7-11-18(16)24)21(27)25-23(12-13-23)15-8-4-3-5-9-15/h3-11,17,19-20H,12-14H2,1-2H3,(H,25,27)/t17-,19-,20-/m0/s1. The minimum Gasteiger partial charge on any atom is -0.468 e. The molecule has 2 fully saturated rings. The number of rotatable bonds is 5. The molecule has 6 heteroatoms. The number of carbonyl (C=O) groups is 2. The molecule has 0 aromatic heterocycles. The number of likely N-dealkylation sites (N-methyl/N-ethyl adjacent to an activating group) is 1. The summed E-state index contributed by atoms with van der Waals surface area (Å²) in [5.41, 5.74) is 1.14. The summed E-state index contributed by atoms with van der Waals surface area (Å²) in [6, 6.07) is 15.2. The number of hydrogen-bond donors (Lipinski definition) is 1. The molecule has 0 unspecified atom stereocenters. The lowest BCUT2D eigenvalue weighted by atomic mass is 9.91. The largest absolute Gasteiger partial charge is 0.468 e. The molecule has 4 rings (SSSR count). The van der Waals surface area contributed by atoms with Crippen LogP contribution in [0, 0.1) is 11.7 Å². The third-order valence-electron chi connectivity index (χ3n) is 6.26. The number of amides is 1. The van der Waals surface area contributed by atoms with E-state index in [1.54, 1.807) is 30.1 Å². The Morgan fingerprint density at radius 2 is 1.76 bits per heavy atom. The lowest BCUT2D eigenvalue weighted by Crippen LogP contribution is -2.41. The highest BCUT2D eigenvalue weighted by atomic mass is 19.1. The van der Waals surface area contributed by atoms with Gasteiger partial charge >= 0.3 is 5.97 Å². The highest BCUT2D eigenvalue weighted by Gasteiger charge is 2.51. The minimum absolute atomic E-state index is 0.155. The second kappa shape index (κ2) is 7.59. The topological polar surface area (TPSA) is 58.6 Å². The predicted octanol–water partition coefficient (Wildman–Crippen LogP) is 3.17. The van der Waals surface area contributed by atoms with E-state index in [1.807, 2.05) is 30.3 Å². The highest BCUT2D eigenvalue weighted by Crippen LogP contribution is 2.47. The Labute approximate surface area is 169 Å². The zero-order valence-corrected chi connectivity index (χ0v) is 16.6. The molecule has 1 amide bonds. The second-order valence-corrected chi connectivity index (χ2v) is 7.95. The SMILES string of the molecule is COC(=O)[C@@H]1C[C@H](C(=O)NC2(c3ccccc3)CC2)[C@H](c2ccccc2F)N1C. The highest BCUT2D eigenvalue weighted by molar-refractivity contribution is 5.84. The molecular weight excluding hydrogens is 371 g/mol. The molecule has 1 N–H and O–H groups in total. The van der Waals surface area contributed by atoms with Crippen LogP contribution in [0.1, 0.15) is 36.4 Å². The zero-order chi connectivity index (χ0) is 20.6. The van der Waals surface area contributed by atoms with Gasteiger partial charge in [-0.15, -0.1) is 0 Å². The lowest BCUT2D eigenvalue weighted by Gasteiger charge is -2.28. The average molecular weight is 396 g/mol. The van der Waals surface area contributed by atoms with Crippen molar-refractivity contribution in [2.45, 2.75) is 36.9 Å². The van der Waals surface area contributed by atoms with Gasteiger partial charge in [0, 0.05) is 11.6 Å². The smallest absolute Gasteiger partial charge is 0.323 e. The molecule has 1 aliphatic carbocycles. The summed E-state index contributed by atoms with van der Waals surface area (Å²) >= 11 is 0. The van der Waals surface area contributed by atoms with Crippen LogP contribution in [0.25, 0.3) is 0 Å². The summed E-state index contributed by atoms with van der Waals surface area (Å²) in [7, 11) is 3.08. The number of ether oxygens (including phenoxy) is 1. The zero-order valence-electron chi connectivity index (χ0n) is 16.6. The van der Waals surface area contributed by atoms with Gasteiger partial charge in [-0.05, 0) is 37.9 Å². The molecule has 0 spiro atoms. The van der Waals surface area contributed by atoms with Gasteiger partial charge in [-0.25, -0.2) is 4.39 Å². The molecule has 29 heavy (non-hydrogen) atoms. The molecule has 5 nitrogen and oxygen atoms in total. The van der Waals surface area contributed by atoms with Crippen molar-refractivity contribution in [1.82, 2.24) is 10.2 Å². The molecule has 1 aliphatic heterocycles. The van der Waals surface area contributed by atoms with E-state index in [0.717, 1.165) is 18.4 Å². The van der Waals surface area contributed by atoms with E-state index < -0.39 is 24.0 Å². The van der Waals surface area contributed by atoms with Gasteiger partial charge in [-0.1, -0.05) is 48.5 Å². The van der Waals surface area contributed by atoms with Crippen molar-refractivity contribution in [1.29, 1.82) is 0 Å². The fourth-order valence-corrected chi connectivity index (χ4v) is 4.51. The molecule has 3 atom stereocenters. The monoisotopic (exact) mass is 396 g/mol. The van der Waals surface area contributed by atoms with Crippen molar-refractivity contribution in [2.24, 2.45) is 5.92 Å². The van der Waals surface area contributed by atoms with Crippen LogP contribution in [-0.2, 0) is 19.9 Å². The van der Waals surface area contributed by atoms with Gasteiger partial charge in [-0.2, -0.15) is 0 Å². The van der Waals surface area contributed by atoms with E-state index in [2.05, 4.69) is 5.32 Å². The third kappa shape index (κ3) is 3.53. The minimum atomic E-state index is -0.591. The fraction of sp³-hybridized carbons (Fsp3) is 0.391. The molecule has 2 aliphatic rings. The second-order valence-electron chi connectivity index (χ2n) is 7.95. The summed E-state index contributed by atoms with van der Waals surface area (Å²) in [4.78, 5) is 27.4. The van der Waals surface area contributed by atoms with Gasteiger partial charge in [-0.3, -0.25) is 14.5 Å². The van der Waals surface area contributed by atoms with E-state index in [9.17, 15) is 14.0 Å². The molecule has 1 saturated heterocycles. The van der Waals surface area contributed by atoms with E-state index in [0.29, 0.717) is 12.0 Å². The first-order chi connectivity index (χ1) is 14.0. The summed E-state index contributed by atoms with van der Waals surface area (Å²) in [5, 5.41) is 3.20. The van der Waals surface area contributed by atoms with Crippen LogP contribution >= 0.6 is 0 Å². The number of carbonyl (C=O) groups excluding carboxylic acids is 2. The van der Waals surface area contributed by atoms with Crippen molar-refractivity contribution in [3.63, 3.8) is 0 Å². The van der Waals surface area contributed by atoms with E-state index in [4.69, 9.17) is 4.74 Å². The van der Waals surface area contributed by atoms with E-state index >= 15 is 0 Å². The fourth-order valence-electron chi connectivity index (χ4n) is 4.51. The predicted molar refractivity (Wildman–Crippen MR) is 106 cm³/mol. The first-order valence-corrected chi connectivity index (χ1v) is 9.88. The molecule has 1 heterocycles. The maximum atomic E-state index is 14.6. The van der Waals surface area contributed by atoms with Gasteiger partial charge in [0.2, 0.25) is 5.91 Å². The number of nitrogens with zero attached hydrogens (tertiary/aromatic N) is 1. The molecule has 1 saturated carbocycles. The summed E-state index contributed by atoms with van der Waals surface area (Å²) < 4.78 is 19.5. The van der Waals surface area contributed by atoms with Gasteiger partial charge < -0.3 is 10.1 Å². The summed E-state index contributed by atoms with van der Waals surface area (Å²) in [6.07, 6.45) is 2.03. The van der Waals surface area contributed by atoms with Crippen molar-refractivity contribution < 1.29 is 18.7 Å². The van der Waals surface area contributed by atoms with E-state index in [-0.39, 0.29) is 17.3 Å². The molecule has 2 aromatic rings. The van der Waals surface area contributed by atoms with Crippen molar-refractivity contribution in [3.05, 3.63) is 71.5 Å². The Morgan fingerprint density at radius 1 is 1.10 bits per heavy atom. The molecule has 0 bridgehead atoms. The van der Waals surface area contributed by atoms with Crippen molar-refractivity contribution in [3.8, 4) is 0 Å². The van der Waals surface area contributed by atoms with Gasteiger partial charge in [0.25, 0.3) is 0 Å². The quantitative estimate of drug-likeness (QED) is 0.789. The summed E-state index contributed by atoms with van der Waals surface area (Å²) in [5.74, 6) is -1.50. The van der Waals surface area contributed by atoms with Crippen LogP contribution in [-0.4, -0.2) is 37.0 Å². The Kier molecular flexibility index (Phi) is 5.13. The molecular formula is C23H25FN2O3. The van der Waals surface area contributed by atoms with Crippen LogP contribution in [0.3, 0.4) is 0 Å². The Morgan fingerprint density at radius 3 is 2.38 bits per heavy atom. The number of methoxy groups -OCH3 is 1. The Balaban J connectivity index is 1.63. The van der Waals surface area contributed by atoms with Gasteiger partial charge in [0.05, 0.1) is 18.6 Å². The first kappa shape index (κ1) is 19.6. The van der Waals surface area contributed by atoms with Crippen molar-refractivity contribution >= 4 is 11.9 Å². The molecule has 0 radical (unpaired) electrons. The van der Waals surface area contributed by atoms with Crippen LogP contribution in [0.15, 0.2) is 54.6 Å². The number of nitrogens with one attached hydrogen (secondary N) is 1. The number of esters is 1. The lowest BCUT2D eigenvalue weighted by molar-refractivity contribution is -0.145. The third-order valence-corrected chi connectivity index (χ3v) is 6.26. The maximum Gasteiger partial charge on any atom is 0.323 e. The van der Waals surface area contributed by atoms with E-state index in [1.165, 1.54) is 13.2 Å². The first-order valence-electron chi connectivity index (χ1n) is 9.88. The van der Waals surface area contributed by atoms with Gasteiger partial charge in [0.1, 0.15) is 11.9 Å². The van der Waals surface area contributed by atoms with Crippen LogP contribution in [0.5, 0.6) is 0 Å².